The summed E-state index contributed by atoms with van der Waals surface area (Å²) in [6, 6.07) is 19.3. The first-order valence-electron chi connectivity index (χ1n) is 10.7. The molecule has 0 aliphatic carbocycles. The molecule has 2 heterocycles. The molecule has 0 unspecified atom stereocenters. The van der Waals surface area contributed by atoms with Gasteiger partial charge in [0.2, 0.25) is 15.9 Å². The predicted octanol–water partition coefficient (Wildman–Crippen LogP) is 4.20. The zero-order chi connectivity index (χ0) is 23.2. The molecule has 1 aliphatic rings. The summed E-state index contributed by atoms with van der Waals surface area (Å²) in [5.74, 6) is 0.0595. The van der Waals surface area contributed by atoms with E-state index in [4.69, 9.17) is 4.52 Å². The lowest BCUT2D eigenvalue weighted by atomic mass is 9.95. The molecule has 4 aromatic rings. The van der Waals surface area contributed by atoms with Crippen LogP contribution in [0.4, 0.5) is 5.69 Å². The molecule has 168 valence electrons. The maximum atomic E-state index is 13.8. The van der Waals surface area contributed by atoms with E-state index in [1.54, 1.807) is 32.0 Å². The Hall–Kier alpha value is -3.49. The molecule has 33 heavy (non-hydrogen) atoms. The molecule has 1 atom stereocenters. The van der Waals surface area contributed by atoms with Gasteiger partial charge in [-0.1, -0.05) is 59.8 Å². The number of benzene rings is 3. The summed E-state index contributed by atoms with van der Waals surface area (Å²) in [6.45, 7) is 3.55. The maximum Gasteiger partial charge on any atom is 0.244 e. The van der Waals surface area contributed by atoms with Gasteiger partial charge in [-0.05, 0) is 54.3 Å². The van der Waals surface area contributed by atoms with Gasteiger partial charge in [-0.3, -0.25) is 4.79 Å². The van der Waals surface area contributed by atoms with Crippen molar-refractivity contribution < 1.29 is 17.7 Å². The van der Waals surface area contributed by atoms with Crippen LogP contribution in [0.2, 0.25) is 0 Å². The molecule has 1 N–H and O–H groups in total. The van der Waals surface area contributed by atoms with Gasteiger partial charge in [0.25, 0.3) is 0 Å². The number of nitrogens with zero attached hydrogens (tertiary/aromatic N) is 2. The van der Waals surface area contributed by atoms with E-state index in [0.29, 0.717) is 17.1 Å². The average Bonchev–Trinajstić information content (AvgIpc) is 3.14. The quantitative estimate of drug-likeness (QED) is 0.492. The predicted molar refractivity (Wildman–Crippen MR) is 125 cm³/mol. The Morgan fingerprint density at radius 3 is 2.42 bits per heavy atom. The fraction of sp³-hybridized carbons (Fsp3) is 0.200. The summed E-state index contributed by atoms with van der Waals surface area (Å²) in [5.41, 5.74) is 2.87. The lowest BCUT2D eigenvalue weighted by molar-refractivity contribution is -0.120. The van der Waals surface area contributed by atoms with E-state index in [-0.39, 0.29) is 17.9 Å². The minimum absolute atomic E-state index is 0.116. The molecule has 1 aliphatic heterocycles. The Bertz CT molecular complexity index is 1460. The molecule has 7 nitrogen and oxygen atoms in total. The number of aromatic nitrogens is 1. The van der Waals surface area contributed by atoms with E-state index in [0.717, 1.165) is 21.9 Å². The van der Waals surface area contributed by atoms with E-state index in [1.807, 2.05) is 48.5 Å². The van der Waals surface area contributed by atoms with Crippen LogP contribution < -0.4 is 5.32 Å². The highest BCUT2D eigenvalue weighted by atomic mass is 32.2. The third kappa shape index (κ3) is 3.81. The normalized spacial score (nSPS) is 16.5. The molecule has 1 amide bonds. The smallest absolute Gasteiger partial charge is 0.244 e. The van der Waals surface area contributed by atoms with Crippen molar-refractivity contribution in [3.05, 3.63) is 89.3 Å². The van der Waals surface area contributed by atoms with Gasteiger partial charge in [0, 0.05) is 6.54 Å². The Morgan fingerprint density at radius 2 is 1.70 bits per heavy atom. The van der Waals surface area contributed by atoms with Crippen LogP contribution in [0.25, 0.3) is 10.8 Å². The van der Waals surface area contributed by atoms with E-state index < -0.39 is 22.0 Å². The fourth-order valence-electron chi connectivity index (χ4n) is 4.31. The van der Waals surface area contributed by atoms with Gasteiger partial charge >= 0.3 is 0 Å². The van der Waals surface area contributed by atoms with Crippen LogP contribution in [0.15, 0.2) is 76.1 Å². The minimum Gasteiger partial charge on any atom is -0.359 e. The number of hydrogen-bond acceptors (Lipinski definition) is 5. The standard InChI is InChI=1S/C25H23N3O4S/c1-16-24(17(2)32-27-16)26-25(29)23-14-20-9-5-6-10-21(20)15-28(23)33(30,31)22-12-11-18-7-3-4-8-19(18)13-22/h3-13,23H,14-15H2,1-2H3,(H,26,29)/t23-/m0/s1. The molecule has 1 aromatic heterocycles. The van der Waals surface area contributed by atoms with E-state index in [9.17, 15) is 13.2 Å². The van der Waals surface area contributed by atoms with Gasteiger partial charge in [-0.2, -0.15) is 4.31 Å². The monoisotopic (exact) mass is 461 g/mol. The number of nitrogens with one attached hydrogen (secondary N) is 1. The Balaban J connectivity index is 1.56. The summed E-state index contributed by atoms with van der Waals surface area (Å²) in [6.07, 6.45) is 0.276. The fourth-order valence-corrected chi connectivity index (χ4v) is 5.91. The van der Waals surface area contributed by atoms with Crippen LogP contribution >= 0.6 is 0 Å². The van der Waals surface area contributed by atoms with Crippen LogP contribution in [0, 0.1) is 13.8 Å². The van der Waals surface area contributed by atoms with Crippen LogP contribution in [0.3, 0.4) is 0 Å². The second-order valence-electron chi connectivity index (χ2n) is 8.24. The van der Waals surface area contributed by atoms with Gasteiger partial charge in [-0.15, -0.1) is 0 Å². The highest BCUT2D eigenvalue weighted by molar-refractivity contribution is 7.89. The highest BCUT2D eigenvalue weighted by Gasteiger charge is 2.40. The second kappa shape index (κ2) is 8.13. The van der Waals surface area contributed by atoms with Gasteiger partial charge in [0.05, 0.1) is 4.90 Å². The Morgan fingerprint density at radius 1 is 1.00 bits per heavy atom. The SMILES string of the molecule is Cc1noc(C)c1NC(=O)[C@@H]1Cc2ccccc2CN1S(=O)(=O)c1ccc2ccccc2c1. The topological polar surface area (TPSA) is 92.5 Å². The molecule has 8 heteroatoms. The summed E-state index contributed by atoms with van der Waals surface area (Å²) < 4.78 is 34.1. The summed E-state index contributed by atoms with van der Waals surface area (Å²) >= 11 is 0. The van der Waals surface area contributed by atoms with Crippen molar-refractivity contribution in [3.63, 3.8) is 0 Å². The molecule has 5 rings (SSSR count). The van der Waals surface area contributed by atoms with Gasteiger partial charge in [0.15, 0.2) is 5.76 Å². The van der Waals surface area contributed by atoms with Crippen LogP contribution in [0.1, 0.15) is 22.6 Å². The molecule has 0 bridgehead atoms. The third-order valence-corrected chi connectivity index (χ3v) is 7.97. The van der Waals surface area contributed by atoms with E-state index in [2.05, 4.69) is 10.5 Å². The molecule has 3 aromatic carbocycles. The number of anilines is 1. The molecule has 0 fully saturated rings. The number of hydrogen-bond donors (Lipinski definition) is 1. The zero-order valence-corrected chi connectivity index (χ0v) is 19.1. The van der Waals surface area contributed by atoms with Gasteiger partial charge in [0.1, 0.15) is 17.4 Å². The third-order valence-electron chi connectivity index (χ3n) is 6.12. The molecule has 0 saturated carbocycles. The lowest BCUT2D eigenvalue weighted by Crippen LogP contribution is -2.50. The first-order valence-corrected chi connectivity index (χ1v) is 12.1. The lowest BCUT2D eigenvalue weighted by Gasteiger charge is -2.35. The van der Waals surface area contributed by atoms with Crippen LogP contribution in [-0.4, -0.2) is 29.8 Å². The number of sulfonamides is 1. The Labute approximate surface area is 192 Å². The number of aryl methyl sites for hydroxylation is 2. The minimum atomic E-state index is -3.96. The zero-order valence-electron chi connectivity index (χ0n) is 18.3. The molecule has 0 radical (unpaired) electrons. The number of carbonyl (C=O) groups excluding carboxylic acids is 1. The van der Waals surface area contributed by atoms with Crippen molar-refractivity contribution in [3.8, 4) is 0 Å². The Kier molecular flexibility index (Phi) is 5.26. The first-order chi connectivity index (χ1) is 15.8. The van der Waals surface area contributed by atoms with Crippen molar-refractivity contribution in [1.29, 1.82) is 0 Å². The summed E-state index contributed by atoms with van der Waals surface area (Å²) in [5, 5.41) is 8.49. The average molecular weight is 462 g/mol. The van der Waals surface area contributed by atoms with Crippen molar-refractivity contribution >= 4 is 32.4 Å². The number of fused-ring (bicyclic) bond motifs is 2. The molecule has 0 saturated heterocycles. The molecule has 0 spiro atoms. The van der Waals surface area contributed by atoms with Crippen molar-refractivity contribution in [2.45, 2.75) is 37.8 Å². The highest BCUT2D eigenvalue weighted by Crippen LogP contribution is 2.31. The maximum absolute atomic E-state index is 13.8. The number of amides is 1. The van der Waals surface area contributed by atoms with Crippen LogP contribution in [-0.2, 0) is 27.8 Å². The molecular weight excluding hydrogens is 438 g/mol. The van der Waals surface area contributed by atoms with Crippen molar-refractivity contribution in [2.24, 2.45) is 0 Å². The van der Waals surface area contributed by atoms with Gasteiger partial charge in [-0.25, -0.2) is 8.42 Å². The van der Waals surface area contributed by atoms with E-state index in [1.165, 1.54) is 4.31 Å². The second-order valence-corrected chi connectivity index (χ2v) is 10.1. The summed E-state index contributed by atoms with van der Waals surface area (Å²) in [7, 11) is -3.96. The van der Waals surface area contributed by atoms with Crippen molar-refractivity contribution in [2.75, 3.05) is 5.32 Å². The largest absolute Gasteiger partial charge is 0.359 e. The number of rotatable bonds is 4. The number of carbonyl (C=O) groups is 1. The molecular formula is C25H23N3O4S. The van der Waals surface area contributed by atoms with Gasteiger partial charge < -0.3 is 9.84 Å². The van der Waals surface area contributed by atoms with Crippen molar-refractivity contribution in [1.82, 2.24) is 9.46 Å². The van der Waals surface area contributed by atoms with E-state index >= 15 is 0 Å². The first kappa shape index (κ1) is 21.4. The van der Waals surface area contributed by atoms with Crippen LogP contribution in [0.5, 0.6) is 0 Å². The summed E-state index contributed by atoms with van der Waals surface area (Å²) in [4.78, 5) is 13.6.